The summed E-state index contributed by atoms with van der Waals surface area (Å²) >= 11 is 0. The van der Waals surface area contributed by atoms with Crippen molar-refractivity contribution in [2.24, 2.45) is 0 Å². The van der Waals surface area contributed by atoms with Gasteiger partial charge in [0.15, 0.2) is 6.10 Å². The average Bonchev–Trinajstić information content (AvgIpc) is 2.89. The number of benzene rings is 3. The maximum atomic E-state index is 13.5. The molecule has 1 atom stereocenters. The molecule has 0 unspecified atom stereocenters. The molecule has 9 heteroatoms. The SMILES string of the molecule is Cc1ccc(S(=O)(=O)N2C[C@H](C(=O)Nc3ccc(N4CCOCC4)cc3)Oc3ccccc32)cc1. The van der Waals surface area contributed by atoms with Crippen molar-refractivity contribution in [1.29, 1.82) is 0 Å². The topological polar surface area (TPSA) is 88.2 Å². The van der Waals surface area contributed by atoms with Gasteiger partial charge < -0.3 is 19.7 Å². The number of rotatable bonds is 5. The van der Waals surface area contributed by atoms with Crippen molar-refractivity contribution >= 4 is 33.0 Å². The third-order valence-corrected chi connectivity index (χ3v) is 7.94. The summed E-state index contributed by atoms with van der Waals surface area (Å²) in [5.74, 6) is -0.0695. The van der Waals surface area contributed by atoms with Crippen LogP contribution >= 0.6 is 0 Å². The third-order valence-electron chi connectivity index (χ3n) is 6.15. The number of anilines is 3. The Morgan fingerprint density at radius 3 is 2.34 bits per heavy atom. The van der Waals surface area contributed by atoms with Crippen LogP contribution in [0.5, 0.6) is 5.75 Å². The molecule has 1 N–H and O–H groups in total. The fourth-order valence-corrected chi connectivity index (χ4v) is 5.68. The fourth-order valence-electron chi connectivity index (χ4n) is 4.20. The van der Waals surface area contributed by atoms with E-state index in [1.807, 2.05) is 31.2 Å². The molecule has 1 saturated heterocycles. The molecule has 1 fully saturated rings. The smallest absolute Gasteiger partial charge is 0.267 e. The van der Waals surface area contributed by atoms with Crippen molar-refractivity contribution in [2.75, 3.05) is 47.4 Å². The second-order valence-corrected chi connectivity index (χ2v) is 10.4. The molecule has 0 radical (unpaired) electrons. The van der Waals surface area contributed by atoms with Gasteiger partial charge in [0.05, 0.1) is 30.3 Å². The van der Waals surface area contributed by atoms with Crippen LogP contribution in [0.4, 0.5) is 17.1 Å². The van der Waals surface area contributed by atoms with Crippen molar-refractivity contribution in [2.45, 2.75) is 17.9 Å². The van der Waals surface area contributed by atoms with E-state index in [0.717, 1.165) is 24.3 Å². The summed E-state index contributed by atoms with van der Waals surface area (Å²) in [6, 6.07) is 21.1. The normalized spacial score (nSPS) is 17.9. The molecule has 35 heavy (non-hydrogen) atoms. The lowest BCUT2D eigenvalue weighted by molar-refractivity contribution is -0.122. The molecule has 3 aromatic carbocycles. The van der Waals surface area contributed by atoms with Crippen LogP contribution in [0.3, 0.4) is 0 Å². The van der Waals surface area contributed by atoms with Crippen molar-refractivity contribution in [3.8, 4) is 5.75 Å². The van der Waals surface area contributed by atoms with Gasteiger partial charge in [-0.1, -0.05) is 29.8 Å². The molecule has 182 valence electrons. The predicted molar refractivity (Wildman–Crippen MR) is 135 cm³/mol. The maximum Gasteiger partial charge on any atom is 0.267 e. The summed E-state index contributed by atoms with van der Waals surface area (Å²) in [7, 11) is -3.89. The molecule has 8 nitrogen and oxygen atoms in total. The third kappa shape index (κ3) is 4.82. The van der Waals surface area contributed by atoms with Crippen LogP contribution in [0.25, 0.3) is 0 Å². The number of amides is 1. The van der Waals surface area contributed by atoms with Gasteiger partial charge in [0.2, 0.25) is 0 Å². The lowest BCUT2D eigenvalue weighted by Crippen LogP contribution is -2.48. The number of hydrogen-bond donors (Lipinski definition) is 1. The standard InChI is InChI=1S/C26H27N3O5S/c1-19-6-12-22(13-7-19)35(31,32)29-18-25(34-24-5-3-2-4-23(24)29)26(30)27-20-8-10-21(11-9-20)28-14-16-33-17-15-28/h2-13,25H,14-18H2,1H3,(H,27,30)/t25-/m1/s1. The molecule has 2 aliphatic heterocycles. The highest BCUT2D eigenvalue weighted by molar-refractivity contribution is 7.92. The quantitative estimate of drug-likeness (QED) is 0.586. The van der Waals surface area contributed by atoms with Crippen molar-refractivity contribution in [3.05, 3.63) is 78.4 Å². The number of hydrogen-bond acceptors (Lipinski definition) is 6. The molecule has 5 rings (SSSR count). The Labute approximate surface area is 205 Å². The fraction of sp³-hybridized carbons (Fsp3) is 0.269. The number of carbonyl (C=O) groups is 1. The molecule has 0 aromatic heterocycles. The van der Waals surface area contributed by atoms with Crippen LogP contribution in [0.15, 0.2) is 77.7 Å². The molecule has 0 spiro atoms. The number of nitrogens with zero attached hydrogens (tertiary/aromatic N) is 2. The first kappa shape index (κ1) is 23.2. The van der Waals surface area contributed by atoms with Crippen LogP contribution in [0.1, 0.15) is 5.56 Å². The summed E-state index contributed by atoms with van der Waals surface area (Å²) in [5.41, 5.74) is 3.04. The van der Waals surface area contributed by atoms with Crippen LogP contribution < -0.4 is 19.3 Å². The van der Waals surface area contributed by atoms with E-state index in [4.69, 9.17) is 9.47 Å². The average molecular weight is 494 g/mol. The Morgan fingerprint density at radius 1 is 0.943 bits per heavy atom. The molecular formula is C26H27N3O5S. The number of nitrogens with one attached hydrogen (secondary N) is 1. The Balaban J connectivity index is 1.36. The first-order valence-corrected chi connectivity index (χ1v) is 12.9. The van der Waals surface area contributed by atoms with Gasteiger partial charge in [-0.2, -0.15) is 0 Å². The first-order chi connectivity index (χ1) is 16.9. The largest absolute Gasteiger partial charge is 0.476 e. The van der Waals surface area contributed by atoms with Crippen LogP contribution in [0, 0.1) is 6.92 Å². The number of ether oxygens (including phenoxy) is 2. The lowest BCUT2D eigenvalue weighted by Gasteiger charge is -2.34. The summed E-state index contributed by atoms with van der Waals surface area (Å²) in [6.07, 6.45) is -1.01. The second kappa shape index (κ2) is 9.59. The molecule has 3 aromatic rings. The predicted octanol–water partition coefficient (Wildman–Crippen LogP) is 3.43. The molecule has 0 bridgehead atoms. The van der Waals surface area contributed by atoms with E-state index in [1.54, 1.807) is 48.5 Å². The van der Waals surface area contributed by atoms with Gasteiger partial charge in [0.25, 0.3) is 15.9 Å². The van der Waals surface area contributed by atoms with Crippen LogP contribution in [-0.2, 0) is 19.6 Å². The molecule has 2 aliphatic rings. The van der Waals surface area contributed by atoms with Gasteiger partial charge in [0, 0.05) is 24.5 Å². The number of para-hydroxylation sites is 2. The zero-order valence-corrected chi connectivity index (χ0v) is 20.2. The van der Waals surface area contributed by atoms with Gasteiger partial charge in [-0.15, -0.1) is 0 Å². The Morgan fingerprint density at radius 2 is 1.63 bits per heavy atom. The number of morpholine rings is 1. The van der Waals surface area contributed by atoms with Gasteiger partial charge in [0.1, 0.15) is 5.75 Å². The van der Waals surface area contributed by atoms with Crippen molar-refractivity contribution in [3.63, 3.8) is 0 Å². The molecule has 0 aliphatic carbocycles. The number of carbonyl (C=O) groups excluding carboxylic acids is 1. The van der Waals surface area contributed by atoms with E-state index < -0.39 is 22.0 Å². The maximum absolute atomic E-state index is 13.5. The second-order valence-electron chi connectivity index (χ2n) is 8.56. The van der Waals surface area contributed by atoms with E-state index in [9.17, 15) is 13.2 Å². The van der Waals surface area contributed by atoms with E-state index in [0.29, 0.717) is 30.3 Å². The molecule has 1 amide bonds. The zero-order chi connectivity index (χ0) is 24.4. The van der Waals surface area contributed by atoms with Crippen LogP contribution in [-0.4, -0.2) is 53.3 Å². The van der Waals surface area contributed by atoms with Gasteiger partial charge >= 0.3 is 0 Å². The highest BCUT2D eigenvalue weighted by Gasteiger charge is 2.37. The first-order valence-electron chi connectivity index (χ1n) is 11.5. The number of aryl methyl sites for hydroxylation is 1. The molecule has 0 saturated carbocycles. The monoisotopic (exact) mass is 493 g/mol. The number of fused-ring (bicyclic) bond motifs is 1. The molecular weight excluding hydrogens is 466 g/mol. The summed E-state index contributed by atoms with van der Waals surface area (Å²) in [6.45, 7) is 4.81. The summed E-state index contributed by atoms with van der Waals surface area (Å²) in [5, 5.41) is 2.86. The minimum Gasteiger partial charge on any atom is -0.476 e. The highest BCUT2D eigenvalue weighted by atomic mass is 32.2. The number of sulfonamides is 1. The lowest BCUT2D eigenvalue weighted by atomic mass is 10.2. The Bertz CT molecular complexity index is 1300. The minimum absolute atomic E-state index is 0.134. The van der Waals surface area contributed by atoms with Crippen LogP contribution in [0.2, 0.25) is 0 Å². The van der Waals surface area contributed by atoms with E-state index in [-0.39, 0.29) is 11.4 Å². The molecule has 2 heterocycles. The van der Waals surface area contributed by atoms with E-state index >= 15 is 0 Å². The summed E-state index contributed by atoms with van der Waals surface area (Å²) in [4.78, 5) is 15.5. The van der Waals surface area contributed by atoms with Gasteiger partial charge in [-0.25, -0.2) is 8.42 Å². The summed E-state index contributed by atoms with van der Waals surface area (Å²) < 4.78 is 39.6. The zero-order valence-electron chi connectivity index (χ0n) is 19.4. The minimum atomic E-state index is -3.89. The van der Waals surface area contributed by atoms with E-state index in [2.05, 4.69) is 10.2 Å². The van der Waals surface area contributed by atoms with E-state index in [1.165, 1.54) is 4.31 Å². The van der Waals surface area contributed by atoms with Crippen molar-refractivity contribution in [1.82, 2.24) is 0 Å². The highest BCUT2D eigenvalue weighted by Crippen LogP contribution is 2.37. The van der Waals surface area contributed by atoms with Gasteiger partial charge in [-0.3, -0.25) is 9.10 Å². The Hall–Kier alpha value is -3.56. The van der Waals surface area contributed by atoms with Crippen molar-refractivity contribution < 1.29 is 22.7 Å². The van der Waals surface area contributed by atoms with Gasteiger partial charge in [-0.05, 0) is 55.5 Å². The Kier molecular flexibility index (Phi) is 6.36.